The summed E-state index contributed by atoms with van der Waals surface area (Å²) in [5.74, 6) is 0. The van der Waals surface area contributed by atoms with Gasteiger partial charge in [0.1, 0.15) is 6.10 Å². The maximum absolute atomic E-state index is 5.84. The molecule has 1 heterocycles. The second-order valence-corrected chi connectivity index (χ2v) is 6.12. The molecule has 1 aromatic heterocycles. The van der Waals surface area contributed by atoms with Gasteiger partial charge in [0.15, 0.2) is 0 Å². The van der Waals surface area contributed by atoms with Crippen molar-refractivity contribution in [2.24, 2.45) is 5.73 Å². The zero-order valence-corrected chi connectivity index (χ0v) is 12.8. The van der Waals surface area contributed by atoms with Gasteiger partial charge in [-0.05, 0) is 39.7 Å². The number of nitrogens with two attached hydrogens (primary N) is 1. The number of benzene rings is 1. The van der Waals surface area contributed by atoms with E-state index in [0.717, 1.165) is 19.9 Å². The van der Waals surface area contributed by atoms with Gasteiger partial charge in [0.05, 0.1) is 6.61 Å². The molecule has 0 amide bonds. The normalized spacial score (nSPS) is 12.6. The molecule has 0 radical (unpaired) electrons. The minimum Gasteiger partial charge on any atom is -0.367 e. The van der Waals surface area contributed by atoms with Crippen molar-refractivity contribution in [3.63, 3.8) is 0 Å². The van der Waals surface area contributed by atoms with Crippen LogP contribution in [0.3, 0.4) is 0 Å². The largest absolute Gasteiger partial charge is 0.367 e. The Hall–Kier alpha value is -0.390. The van der Waals surface area contributed by atoms with Gasteiger partial charge in [-0.1, -0.05) is 23.7 Å². The molecule has 2 aromatic rings. The maximum atomic E-state index is 5.84. The molecule has 1 atom stereocenters. The average molecular weight is 347 g/mol. The van der Waals surface area contributed by atoms with Crippen LogP contribution < -0.4 is 5.73 Å². The minimum atomic E-state index is -0.0584. The molecule has 1 unspecified atom stereocenters. The van der Waals surface area contributed by atoms with Crippen molar-refractivity contribution in [1.29, 1.82) is 0 Å². The Morgan fingerprint density at radius 3 is 2.61 bits per heavy atom. The first-order valence-electron chi connectivity index (χ1n) is 5.49. The predicted molar refractivity (Wildman–Crippen MR) is 80.1 cm³/mol. The number of ether oxygens (including phenoxy) is 1. The van der Waals surface area contributed by atoms with Crippen molar-refractivity contribution >= 4 is 38.9 Å². The summed E-state index contributed by atoms with van der Waals surface area (Å²) in [4.78, 5) is 1.14. The van der Waals surface area contributed by atoms with Crippen LogP contribution in [0.15, 0.2) is 40.2 Å². The van der Waals surface area contributed by atoms with E-state index in [-0.39, 0.29) is 6.10 Å². The molecule has 2 N–H and O–H groups in total. The lowest BCUT2D eigenvalue weighted by molar-refractivity contribution is 0.0480. The molecule has 2 nitrogen and oxygen atoms in total. The highest BCUT2D eigenvalue weighted by Crippen LogP contribution is 2.28. The molecular formula is C13H13BrClNOS. The third kappa shape index (κ3) is 3.80. The van der Waals surface area contributed by atoms with E-state index in [2.05, 4.69) is 15.9 Å². The van der Waals surface area contributed by atoms with E-state index in [0.29, 0.717) is 13.2 Å². The molecular weight excluding hydrogens is 334 g/mol. The van der Waals surface area contributed by atoms with Crippen molar-refractivity contribution in [3.8, 4) is 0 Å². The molecule has 0 saturated heterocycles. The van der Waals surface area contributed by atoms with Crippen LogP contribution in [-0.4, -0.2) is 6.54 Å². The van der Waals surface area contributed by atoms with Crippen molar-refractivity contribution in [2.75, 3.05) is 6.54 Å². The van der Waals surface area contributed by atoms with Crippen LogP contribution >= 0.6 is 38.9 Å². The first-order chi connectivity index (χ1) is 8.69. The summed E-state index contributed by atoms with van der Waals surface area (Å²) >= 11 is 10.9. The van der Waals surface area contributed by atoms with Crippen LogP contribution in [0.5, 0.6) is 0 Å². The summed E-state index contributed by atoms with van der Waals surface area (Å²) in [7, 11) is 0. The SMILES string of the molecule is NCC(OCc1ccc(Cl)cc1)c1cc(Br)cs1. The van der Waals surface area contributed by atoms with Gasteiger partial charge in [-0.25, -0.2) is 0 Å². The zero-order chi connectivity index (χ0) is 13.0. The summed E-state index contributed by atoms with van der Waals surface area (Å²) in [5.41, 5.74) is 6.84. The highest BCUT2D eigenvalue weighted by molar-refractivity contribution is 9.10. The lowest BCUT2D eigenvalue weighted by Gasteiger charge is -2.14. The van der Waals surface area contributed by atoms with E-state index in [1.807, 2.05) is 35.7 Å². The fraction of sp³-hybridized carbons (Fsp3) is 0.231. The maximum Gasteiger partial charge on any atom is 0.104 e. The van der Waals surface area contributed by atoms with E-state index < -0.39 is 0 Å². The smallest absolute Gasteiger partial charge is 0.104 e. The van der Waals surface area contributed by atoms with Gasteiger partial charge >= 0.3 is 0 Å². The van der Waals surface area contributed by atoms with Gasteiger partial charge in [0.2, 0.25) is 0 Å². The summed E-state index contributed by atoms with van der Waals surface area (Å²) in [6.07, 6.45) is -0.0584. The second-order valence-electron chi connectivity index (χ2n) is 3.83. The molecule has 1 aromatic carbocycles. The van der Waals surface area contributed by atoms with Gasteiger partial charge < -0.3 is 10.5 Å². The Kier molecular flexibility index (Phi) is 5.21. The molecule has 0 spiro atoms. The molecule has 0 fully saturated rings. The van der Waals surface area contributed by atoms with Crippen LogP contribution in [0, 0.1) is 0 Å². The number of rotatable bonds is 5. The number of hydrogen-bond acceptors (Lipinski definition) is 3. The lowest BCUT2D eigenvalue weighted by atomic mass is 10.2. The Balaban J connectivity index is 1.97. The van der Waals surface area contributed by atoms with E-state index in [4.69, 9.17) is 22.1 Å². The van der Waals surface area contributed by atoms with E-state index in [9.17, 15) is 0 Å². The molecule has 2 rings (SSSR count). The summed E-state index contributed by atoms with van der Waals surface area (Å²) in [5, 5.41) is 2.76. The minimum absolute atomic E-state index is 0.0584. The van der Waals surface area contributed by atoms with Crippen molar-refractivity contribution < 1.29 is 4.74 Å². The van der Waals surface area contributed by atoms with E-state index in [1.54, 1.807) is 11.3 Å². The average Bonchev–Trinajstić information content (AvgIpc) is 2.79. The highest BCUT2D eigenvalue weighted by atomic mass is 79.9. The van der Waals surface area contributed by atoms with Crippen LogP contribution in [0.25, 0.3) is 0 Å². The van der Waals surface area contributed by atoms with E-state index >= 15 is 0 Å². The third-order valence-corrected chi connectivity index (χ3v) is 4.52. The summed E-state index contributed by atoms with van der Waals surface area (Å²) < 4.78 is 6.90. The van der Waals surface area contributed by atoms with Gasteiger partial charge in [-0.3, -0.25) is 0 Å². The fourth-order valence-electron chi connectivity index (χ4n) is 1.54. The third-order valence-electron chi connectivity index (χ3n) is 2.48. The molecule has 18 heavy (non-hydrogen) atoms. The number of halogens is 2. The van der Waals surface area contributed by atoms with Crippen LogP contribution in [0.4, 0.5) is 0 Å². The first kappa shape index (κ1) is 14.0. The van der Waals surface area contributed by atoms with Crippen LogP contribution in [-0.2, 0) is 11.3 Å². The molecule has 0 aliphatic heterocycles. The molecule has 96 valence electrons. The van der Waals surface area contributed by atoms with Crippen molar-refractivity contribution in [3.05, 3.63) is 55.6 Å². The Bertz CT molecular complexity index is 500. The highest BCUT2D eigenvalue weighted by Gasteiger charge is 2.12. The van der Waals surface area contributed by atoms with Gasteiger partial charge in [0.25, 0.3) is 0 Å². The number of hydrogen-bond donors (Lipinski definition) is 1. The Morgan fingerprint density at radius 1 is 1.33 bits per heavy atom. The van der Waals surface area contributed by atoms with Crippen molar-refractivity contribution in [2.45, 2.75) is 12.7 Å². The predicted octanol–water partition coefficient (Wildman–Crippen LogP) is 4.38. The van der Waals surface area contributed by atoms with Crippen LogP contribution in [0.1, 0.15) is 16.5 Å². The molecule has 0 aliphatic carbocycles. The van der Waals surface area contributed by atoms with Gasteiger partial charge in [-0.15, -0.1) is 11.3 Å². The number of thiophene rings is 1. The standard InChI is InChI=1S/C13H13BrClNOS/c14-10-5-13(18-8-10)12(6-16)17-7-9-1-3-11(15)4-2-9/h1-5,8,12H,6-7,16H2. The monoisotopic (exact) mass is 345 g/mol. The summed E-state index contributed by atoms with van der Waals surface area (Å²) in [6, 6.07) is 9.68. The van der Waals surface area contributed by atoms with E-state index in [1.165, 1.54) is 0 Å². The van der Waals surface area contributed by atoms with Gasteiger partial charge in [0, 0.05) is 26.3 Å². The Labute approximate surface area is 124 Å². The molecule has 0 saturated carbocycles. The zero-order valence-electron chi connectivity index (χ0n) is 9.61. The second kappa shape index (κ2) is 6.68. The molecule has 0 aliphatic rings. The molecule has 0 bridgehead atoms. The lowest BCUT2D eigenvalue weighted by Crippen LogP contribution is -2.14. The van der Waals surface area contributed by atoms with Crippen molar-refractivity contribution in [1.82, 2.24) is 0 Å². The Morgan fingerprint density at radius 2 is 2.06 bits per heavy atom. The van der Waals surface area contributed by atoms with Crippen LogP contribution in [0.2, 0.25) is 5.02 Å². The van der Waals surface area contributed by atoms with Gasteiger partial charge in [-0.2, -0.15) is 0 Å². The molecule has 5 heteroatoms. The fourth-order valence-corrected chi connectivity index (χ4v) is 3.17. The topological polar surface area (TPSA) is 35.2 Å². The quantitative estimate of drug-likeness (QED) is 0.872. The summed E-state index contributed by atoms with van der Waals surface area (Å²) in [6.45, 7) is 1.01. The first-order valence-corrected chi connectivity index (χ1v) is 7.54.